The largest absolute Gasteiger partial charge is 0.335 e. The lowest BCUT2D eigenvalue weighted by Crippen LogP contribution is -2.26. The number of aromatic nitrogens is 2. The fourth-order valence-corrected chi connectivity index (χ4v) is 2.22. The maximum atomic E-state index is 11.3. The van der Waals surface area contributed by atoms with Gasteiger partial charge in [-0.05, 0) is 12.1 Å². The summed E-state index contributed by atoms with van der Waals surface area (Å²) in [4.78, 5) is 11.3. The predicted octanol–water partition coefficient (Wildman–Crippen LogP) is 2.37. The molecule has 2 N–H and O–H groups in total. The second-order valence-corrected chi connectivity index (χ2v) is 4.93. The fraction of sp³-hybridized carbons (Fsp3) is 0.231. The zero-order valence-corrected chi connectivity index (χ0v) is 11.6. The first kappa shape index (κ1) is 14.0. The van der Waals surface area contributed by atoms with Gasteiger partial charge in [0.2, 0.25) is 11.0 Å². The maximum Gasteiger partial charge on any atom is 0.221 e. The number of anilines is 2. The monoisotopic (exact) mass is 287 g/mol. The van der Waals surface area contributed by atoms with Gasteiger partial charge >= 0.3 is 0 Å². The third kappa shape index (κ3) is 3.52. The highest BCUT2D eigenvalue weighted by Crippen LogP contribution is 2.24. The number of hydrogen-bond acceptors (Lipinski definition) is 6. The van der Waals surface area contributed by atoms with Crippen molar-refractivity contribution in [2.45, 2.75) is 19.4 Å². The zero-order valence-electron chi connectivity index (χ0n) is 10.8. The number of nitrogens with one attached hydrogen (secondary N) is 2. The Hall–Kier alpha value is -2.46. The SMILES string of the molecule is CCC(=O)N[C@@H](C#N)c1nnc(Nc2ccccc2)s1. The molecular formula is C13H13N5OS. The zero-order chi connectivity index (χ0) is 14.4. The molecule has 0 saturated heterocycles. The third-order valence-corrected chi connectivity index (χ3v) is 3.37. The average Bonchev–Trinajstić information content (AvgIpc) is 2.93. The number of para-hydroxylation sites is 1. The van der Waals surface area contributed by atoms with Crippen molar-refractivity contribution >= 4 is 28.1 Å². The molecule has 0 unspecified atom stereocenters. The minimum atomic E-state index is -0.758. The summed E-state index contributed by atoms with van der Waals surface area (Å²) in [7, 11) is 0. The second-order valence-electron chi connectivity index (χ2n) is 3.92. The quantitative estimate of drug-likeness (QED) is 0.881. The van der Waals surface area contributed by atoms with Crippen LogP contribution in [0.2, 0.25) is 0 Å². The van der Waals surface area contributed by atoms with Gasteiger partial charge in [-0.3, -0.25) is 4.79 Å². The average molecular weight is 287 g/mol. The summed E-state index contributed by atoms with van der Waals surface area (Å²) >= 11 is 1.24. The molecule has 1 heterocycles. The third-order valence-electron chi connectivity index (χ3n) is 2.47. The molecule has 7 heteroatoms. The van der Waals surface area contributed by atoms with Crippen molar-refractivity contribution in [2.75, 3.05) is 5.32 Å². The van der Waals surface area contributed by atoms with Gasteiger partial charge in [-0.2, -0.15) is 5.26 Å². The summed E-state index contributed by atoms with van der Waals surface area (Å²) in [6.07, 6.45) is 0.326. The number of benzene rings is 1. The molecule has 1 amide bonds. The molecule has 6 nitrogen and oxygen atoms in total. The normalized spacial score (nSPS) is 11.4. The highest BCUT2D eigenvalue weighted by atomic mass is 32.1. The number of carbonyl (C=O) groups is 1. The lowest BCUT2D eigenvalue weighted by molar-refractivity contribution is -0.121. The molecule has 0 aliphatic heterocycles. The Morgan fingerprint density at radius 3 is 2.80 bits per heavy atom. The highest BCUT2D eigenvalue weighted by molar-refractivity contribution is 7.15. The van der Waals surface area contributed by atoms with Gasteiger partial charge in [0.1, 0.15) is 0 Å². The van der Waals surface area contributed by atoms with E-state index in [0.717, 1.165) is 5.69 Å². The molecule has 0 bridgehead atoms. The van der Waals surface area contributed by atoms with Crippen molar-refractivity contribution in [1.29, 1.82) is 5.26 Å². The summed E-state index contributed by atoms with van der Waals surface area (Å²) < 4.78 is 0. The summed E-state index contributed by atoms with van der Waals surface area (Å²) in [5, 5.41) is 23.7. The molecule has 2 rings (SSSR count). The van der Waals surface area contributed by atoms with Crippen molar-refractivity contribution in [3.05, 3.63) is 35.3 Å². The van der Waals surface area contributed by atoms with Gasteiger partial charge in [-0.25, -0.2) is 0 Å². The molecule has 0 radical (unpaired) electrons. The number of hydrogen-bond donors (Lipinski definition) is 2. The maximum absolute atomic E-state index is 11.3. The molecule has 1 atom stereocenters. The van der Waals surface area contributed by atoms with E-state index in [1.807, 2.05) is 36.4 Å². The van der Waals surface area contributed by atoms with Crippen LogP contribution >= 0.6 is 11.3 Å². The first-order valence-corrected chi connectivity index (χ1v) is 6.89. The lowest BCUT2D eigenvalue weighted by atomic mass is 10.3. The Kier molecular flexibility index (Phi) is 4.63. The molecule has 0 aliphatic carbocycles. The standard InChI is InChI=1S/C13H13N5OS/c1-2-11(19)16-10(8-14)12-17-18-13(20-12)15-9-6-4-3-5-7-9/h3-7,10H,2H2,1H3,(H,15,18)(H,16,19)/t10-/m0/s1. The van der Waals surface area contributed by atoms with E-state index in [9.17, 15) is 4.79 Å². The van der Waals surface area contributed by atoms with Crippen LogP contribution in [0.15, 0.2) is 30.3 Å². The summed E-state index contributed by atoms with van der Waals surface area (Å²) in [5.41, 5.74) is 0.890. The van der Waals surface area contributed by atoms with E-state index in [2.05, 4.69) is 20.8 Å². The van der Waals surface area contributed by atoms with E-state index in [1.54, 1.807) is 6.92 Å². The van der Waals surface area contributed by atoms with Crippen molar-refractivity contribution in [3.8, 4) is 6.07 Å². The first-order chi connectivity index (χ1) is 9.72. The van der Waals surface area contributed by atoms with Crippen LogP contribution < -0.4 is 10.6 Å². The van der Waals surface area contributed by atoms with Crippen LogP contribution in [-0.4, -0.2) is 16.1 Å². The van der Waals surface area contributed by atoms with E-state index >= 15 is 0 Å². The number of nitriles is 1. The van der Waals surface area contributed by atoms with Crippen LogP contribution in [0, 0.1) is 11.3 Å². The summed E-state index contributed by atoms with van der Waals surface area (Å²) in [6.45, 7) is 1.73. The first-order valence-electron chi connectivity index (χ1n) is 6.07. The van der Waals surface area contributed by atoms with E-state index < -0.39 is 6.04 Å². The Morgan fingerprint density at radius 2 is 2.15 bits per heavy atom. The number of amides is 1. The molecule has 20 heavy (non-hydrogen) atoms. The number of rotatable bonds is 5. The van der Waals surface area contributed by atoms with Crippen LogP contribution in [0.4, 0.5) is 10.8 Å². The molecule has 2 aromatic rings. The second kappa shape index (κ2) is 6.63. The van der Waals surface area contributed by atoms with Crippen molar-refractivity contribution in [3.63, 3.8) is 0 Å². The molecule has 0 aliphatic rings. The Morgan fingerprint density at radius 1 is 1.40 bits per heavy atom. The summed E-state index contributed by atoms with van der Waals surface area (Å²) in [5.74, 6) is -0.190. The molecule has 0 spiro atoms. The Labute approximate surface area is 120 Å². The van der Waals surface area contributed by atoms with Crippen molar-refractivity contribution in [1.82, 2.24) is 15.5 Å². The van der Waals surface area contributed by atoms with Gasteiger partial charge in [-0.15, -0.1) is 10.2 Å². The minimum Gasteiger partial charge on any atom is -0.335 e. The van der Waals surface area contributed by atoms with E-state index in [4.69, 9.17) is 5.26 Å². The van der Waals surface area contributed by atoms with Crippen LogP contribution in [0.1, 0.15) is 24.4 Å². The van der Waals surface area contributed by atoms with E-state index in [-0.39, 0.29) is 5.91 Å². The van der Waals surface area contributed by atoms with Crippen LogP contribution in [0.3, 0.4) is 0 Å². The van der Waals surface area contributed by atoms with Crippen LogP contribution in [-0.2, 0) is 4.79 Å². The number of carbonyl (C=O) groups excluding carboxylic acids is 1. The van der Waals surface area contributed by atoms with Crippen molar-refractivity contribution in [2.24, 2.45) is 0 Å². The van der Waals surface area contributed by atoms with Gasteiger partial charge in [0.25, 0.3) is 0 Å². The Bertz CT molecular complexity index is 619. The topological polar surface area (TPSA) is 90.7 Å². The molecular weight excluding hydrogens is 274 g/mol. The van der Waals surface area contributed by atoms with Gasteiger partial charge in [0.05, 0.1) is 6.07 Å². The fourth-order valence-electron chi connectivity index (χ4n) is 1.46. The van der Waals surface area contributed by atoms with Gasteiger partial charge < -0.3 is 10.6 Å². The van der Waals surface area contributed by atoms with Crippen molar-refractivity contribution < 1.29 is 4.79 Å². The number of nitrogens with zero attached hydrogens (tertiary/aromatic N) is 3. The predicted molar refractivity (Wildman–Crippen MR) is 76.4 cm³/mol. The molecule has 0 saturated carbocycles. The Balaban J connectivity index is 2.08. The van der Waals surface area contributed by atoms with Crippen LogP contribution in [0.25, 0.3) is 0 Å². The van der Waals surface area contributed by atoms with Gasteiger partial charge in [0, 0.05) is 12.1 Å². The van der Waals surface area contributed by atoms with E-state index in [0.29, 0.717) is 16.6 Å². The molecule has 0 fully saturated rings. The molecule has 1 aromatic carbocycles. The highest BCUT2D eigenvalue weighted by Gasteiger charge is 2.18. The smallest absolute Gasteiger partial charge is 0.221 e. The summed E-state index contributed by atoms with van der Waals surface area (Å²) in [6, 6.07) is 10.8. The van der Waals surface area contributed by atoms with Crippen LogP contribution in [0.5, 0.6) is 0 Å². The molecule has 1 aromatic heterocycles. The van der Waals surface area contributed by atoms with Gasteiger partial charge in [-0.1, -0.05) is 36.5 Å². The minimum absolute atomic E-state index is 0.190. The molecule has 102 valence electrons. The van der Waals surface area contributed by atoms with Gasteiger partial charge in [0.15, 0.2) is 11.0 Å². The lowest BCUT2D eigenvalue weighted by Gasteiger charge is -2.06. The van der Waals surface area contributed by atoms with E-state index in [1.165, 1.54) is 11.3 Å².